The predicted molar refractivity (Wildman–Crippen MR) is 91.0 cm³/mol. The summed E-state index contributed by atoms with van der Waals surface area (Å²) in [4.78, 5) is 0. The third kappa shape index (κ3) is 5.11. The van der Waals surface area contributed by atoms with Crippen molar-refractivity contribution in [2.24, 2.45) is 4.41 Å². The van der Waals surface area contributed by atoms with Crippen LogP contribution in [0.1, 0.15) is 20.8 Å². The van der Waals surface area contributed by atoms with E-state index in [4.69, 9.17) is 17.7 Å². The van der Waals surface area contributed by atoms with Crippen molar-refractivity contribution in [3.8, 4) is 0 Å². The lowest BCUT2D eigenvalue weighted by Gasteiger charge is -2.43. The van der Waals surface area contributed by atoms with Gasteiger partial charge in [-0.1, -0.05) is 0 Å². The van der Waals surface area contributed by atoms with Crippen molar-refractivity contribution in [2.75, 3.05) is 62.1 Å². The highest BCUT2D eigenvalue weighted by molar-refractivity contribution is 7.60. The Balaban J connectivity index is 6.14. The average Bonchev–Trinajstić information content (AvgIpc) is 2.35. The van der Waals surface area contributed by atoms with E-state index < -0.39 is 16.5 Å². The lowest BCUT2D eigenvalue weighted by Crippen LogP contribution is -2.46. The van der Waals surface area contributed by atoms with Crippen LogP contribution in [-0.4, -0.2) is 85.1 Å². The highest BCUT2D eigenvalue weighted by atomic mass is 31.2. The first-order valence-electron chi connectivity index (χ1n) is 7.31. The van der Waals surface area contributed by atoms with Gasteiger partial charge in [-0.15, -0.1) is 0 Å². The molecule has 0 aliphatic heterocycles. The molecule has 0 N–H and O–H groups in total. The first-order valence-corrected chi connectivity index (χ1v) is 10.6. The molecule has 0 heterocycles. The summed E-state index contributed by atoms with van der Waals surface area (Å²) in [5.74, 6) is 0. The Labute approximate surface area is 131 Å². The second-order valence-electron chi connectivity index (χ2n) is 5.00. The molecule has 21 heavy (non-hydrogen) atoms. The molecule has 0 saturated heterocycles. The fourth-order valence-electron chi connectivity index (χ4n) is 2.26. The maximum atomic E-state index is 5.89. The van der Waals surface area contributed by atoms with Gasteiger partial charge in [0.05, 0.1) is 0 Å². The summed E-state index contributed by atoms with van der Waals surface area (Å²) in [5.41, 5.74) is 0. The van der Waals surface area contributed by atoms with Gasteiger partial charge in [0.2, 0.25) is 0 Å². The Kier molecular flexibility index (Phi) is 9.46. The minimum atomic E-state index is -3.07. The molecule has 0 fully saturated rings. The van der Waals surface area contributed by atoms with Gasteiger partial charge in [0.15, 0.2) is 7.51 Å². The molecule has 0 spiro atoms. The SMILES string of the molecule is CCO[Si](N=P(N(C)C)(N(C)C)N(C)C)(OCC)OCC. The third-order valence-electron chi connectivity index (χ3n) is 2.85. The third-order valence-corrected chi connectivity index (χ3v) is 10.1. The molecule has 0 aromatic rings. The van der Waals surface area contributed by atoms with Crippen LogP contribution in [0.5, 0.6) is 0 Å². The summed E-state index contributed by atoms with van der Waals surface area (Å²) in [7, 11) is 6.99. The molecule has 0 rings (SSSR count). The Morgan fingerprint density at radius 1 is 0.714 bits per heavy atom. The highest BCUT2D eigenvalue weighted by Crippen LogP contribution is 2.56. The molecule has 9 heteroatoms. The lowest BCUT2D eigenvalue weighted by atomic mass is 10.9. The van der Waals surface area contributed by atoms with E-state index in [1.165, 1.54) is 0 Å². The van der Waals surface area contributed by atoms with Crippen LogP contribution in [0.3, 0.4) is 0 Å². The lowest BCUT2D eigenvalue weighted by molar-refractivity contribution is 0.0729. The van der Waals surface area contributed by atoms with Crippen LogP contribution in [-0.2, 0) is 13.3 Å². The molecule has 0 atom stereocenters. The molecule has 0 aromatic carbocycles. The minimum Gasteiger partial charge on any atom is -0.356 e. The standard InChI is InChI=1S/C12H33N4O3PSi/c1-10-17-21(18-11-2,19-12-3)13-20(14(4)5,15(6)7)16(8)9/h10-12H2,1-9H3. The van der Waals surface area contributed by atoms with Crippen molar-refractivity contribution in [3.63, 3.8) is 0 Å². The topological polar surface area (TPSA) is 49.8 Å². The fraction of sp³-hybridized carbons (Fsp3) is 1.00. The van der Waals surface area contributed by atoms with Crippen LogP contribution in [0.25, 0.3) is 0 Å². The van der Waals surface area contributed by atoms with Gasteiger partial charge in [-0.05, 0) is 63.1 Å². The largest absolute Gasteiger partial charge is 0.654 e. The average molecular weight is 340 g/mol. The molecule has 0 amide bonds. The maximum Gasteiger partial charge on any atom is 0.654 e. The first kappa shape index (κ1) is 21.2. The molecule has 0 radical (unpaired) electrons. The molecular weight excluding hydrogens is 307 g/mol. The van der Waals surface area contributed by atoms with E-state index in [1.807, 2.05) is 63.1 Å². The van der Waals surface area contributed by atoms with Gasteiger partial charge in [-0.25, -0.2) is 4.41 Å². The number of rotatable bonds is 10. The molecule has 0 bridgehead atoms. The van der Waals surface area contributed by atoms with Crippen molar-refractivity contribution < 1.29 is 13.3 Å². The van der Waals surface area contributed by atoms with E-state index in [0.29, 0.717) is 19.8 Å². The number of hydrogen-bond acceptors (Lipinski definition) is 4. The van der Waals surface area contributed by atoms with Crippen molar-refractivity contribution in [2.45, 2.75) is 20.8 Å². The van der Waals surface area contributed by atoms with Gasteiger partial charge in [0.25, 0.3) is 0 Å². The molecule has 0 aliphatic rings. The van der Waals surface area contributed by atoms with E-state index in [1.54, 1.807) is 0 Å². The minimum absolute atomic E-state index is 0.518. The summed E-state index contributed by atoms with van der Waals surface area (Å²) in [6.45, 7) is 7.38. The van der Waals surface area contributed by atoms with Crippen LogP contribution >= 0.6 is 7.51 Å². The van der Waals surface area contributed by atoms with Crippen molar-refractivity contribution >= 4 is 16.5 Å². The van der Waals surface area contributed by atoms with Crippen LogP contribution in [0.2, 0.25) is 0 Å². The smallest absolute Gasteiger partial charge is 0.356 e. The molecule has 7 nitrogen and oxygen atoms in total. The predicted octanol–water partition coefficient (Wildman–Crippen LogP) is 2.16. The van der Waals surface area contributed by atoms with Crippen molar-refractivity contribution in [1.82, 2.24) is 14.0 Å². The summed E-state index contributed by atoms with van der Waals surface area (Å²) < 4.78 is 29.1. The highest BCUT2D eigenvalue weighted by Gasteiger charge is 2.47. The van der Waals surface area contributed by atoms with Crippen molar-refractivity contribution in [1.29, 1.82) is 0 Å². The van der Waals surface area contributed by atoms with Crippen molar-refractivity contribution in [3.05, 3.63) is 0 Å². The van der Waals surface area contributed by atoms with Crippen LogP contribution < -0.4 is 0 Å². The van der Waals surface area contributed by atoms with Gasteiger partial charge >= 0.3 is 8.97 Å². The Bertz CT molecular complexity index is 308. The van der Waals surface area contributed by atoms with E-state index in [0.717, 1.165) is 0 Å². The number of nitrogens with zero attached hydrogens (tertiary/aromatic N) is 4. The molecule has 0 aromatic heterocycles. The number of hydrogen-bond donors (Lipinski definition) is 0. The molecule has 128 valence electrons. The zero-order chi connectivity index (χ0) is 16.7. The fourth-order valence-corrected chi connectivity index (χ4v) is 9.91. The maximum absolute atomic E-state index is 5.89. The summed E-state index contributed by atoms with van der Waals surface area (Å²) in [6.07, 6.45) is 0. The molecule has 0 unspecified atom stereocenters. The molecular formula is C12H33N4O3PSi. The van der Waals surface area contributed by atoms with E-state index >= 15 is 0 Å². The molecule has 0 aliphatic carbocycles. The monoisotopic (exact) mass is 340 g/mol. The summed E-state index contributed by atoms with van der Waals surface area (Å²) in [6, 6.07) is 0. The Morgan fingerprint density at radius 2 is 1.00 bits per heavy atom. The summed E-state index contributed by atoms with van der Waals surface area (Å²) >= 11 is 0. The van der Waals surface area contributed by atoms with Gasteiger partial charge < -0.3 is 13.3 Å². The van der Waals surface area contributed by atoms with Gasteiger partial charge in [-0.2, -0.15) is 0 Å². The van der Waals surface area contributed by atoms with Crippen LogP contribution in [0.4, 0.5) is 0 Å². The second kappa shape index (κ2) is 9.37. The van der Waals surface area contributed by atoms with Gasteiger partial charge in [0.1, 0.15) is 0 Å². The summed E-state index contributed by atoms with van der Waals surface area (Å²) in [5, 5.41) is 0. The first-order chi connectivity index (χ1) is 9.72. The van der Waals surface area contributed by atoms with Crippen LogP contribution in [0, 0.1) is 0 Å². The quantitative estimate of drug-likeness (QED) is 0.449. The van der Waals surface area contributed by atoms with E-state index in [2.05, 4.69) is 14.0 Å². The van der Waals surface area contributed by atoms with E-state index in [9.17, 15) is 0 Å². The van der Waals surface area contributed by atoms with E-state index in [-0.39, 0.29) is 0 Å². The second-order valence-corrected chi connectivity index (χ2v) is 11.2. The zero-order valence-electron chi connectivity index (χ0n) is 15.1. The van der Waals surface area contributed by atoms with Crippen LogP contribution in [0.15, 0.2) is 4.41 Å². The Morgan fingerprint density at radius 3 is 1.19 bits per heavy atom. The van der Waals surface area contributed by atoms with Gasteiger partial charge in [0, 0.05) is 19.8 Å². The molecule has 0 saturated carbocycles. The Hall–Kier alpha value is 0.207. The normalized spacial score (nSPS) is 13.5. The van der Waals surface area contributed by atoms with Gasteiger partial charge in [-0.3, -0.25) is 14.0 Å². The zero-order valence-corrected chi connectivity index (χ0v) is 17.0.